The highest BCUT2D eigenvalue weighted by Crippen LogP contribution is 2.25. The highest BCUT2D eigenvalue weighted by atomic mass is 35.5. The topological polar surface area (TPSA) is 98.5 Å². The van der Waals surface area contributed by atoms with Gasteiger partial charge in [0.2, 0.25) is 0 Å². The Morgan fingerprint density at radius 3 is 2.54 bits per heavy atom. The van der Waals surface area contributed by atoms with E-state index >= 15 is 0 Å². The van der Waals surface area contributed by atoms with Crippen molar-refractivity contribution in [2.75, 3.05) is 11.9 Å². The number of nitrogens with zero attached hydrogens (tertiary/aromatic N) is 1. The largest absolute Gasteiger partial charge is 0.463 e. The van der Waals surface area contributed by atoms with E-state index < -0.39 is 16.8 Å². The lowest BCUT2D eigenvalue weighted by Gasteiger charge is -2.06. The molecule has 0 aliphatic carbocycles. The van der Waals surface area contributed by atoms with E-state index in [1.54, 1.807) is 37.3 Å². The third-order valence-electron chi connectivity index (χ3n) is 3.27. The summed E-state index contributed by atoms with van der Waals surface area (Å²) in [6.45, 7) is 2.02. The molecular weight excluding hydrogens is 360 g/mol. The van der Waals surface area contributed by atoms with Crippen LogP contribution in [0.2, 0.25) is 5.02 Å². The Kier molecular flexibility index (Phi) is 6.46. The standard InChI is InChI=1S/C18H15ClN2O5/c1-2-26-17(22)10-5-12-3-7-14(8-4-12)20-18(23)13-6-9-15(19)16(11-13)21(24)25/h3-11H,2H2,1H3,(H,20,23)/b10-5+. The van der Waals surface area contributed by atoms with Gasteiger partial charge in [0.05, 0.1) is 11.5 Å². The molecule has 26 heavy (non-hydrogen) atoms. The molecule has 134 valence electrons. The van der Waals surface area contributed by atoms with Crippen LogP contribution >= 0.6 is 11.6 Å². The zero-order valence-corrected chi connectivity index (χ0v) is 14.5. The molecule has 0 radical (unpaired) electrons. The molecule has 0 atom stereocenters. The van der Waals surface area contributed by atoms with E-state index in [4.69, 9.17) is 16.3 Å². The van der Waals surface area contributed by atoms with Crippen molar-refractivity contribution < 1.29 is 19.2 Å². The number of hydrogen-bond acceptors (Lipinski definition) is 5. The van der Waals surface area contributed by atoms with E-state index in [0.29, 0.717) is 12.3 Å². The van der Waals surface area contributed by atoms with Crippen LogP contribution in [-0.4, -0.2) is 23.4 Å². The Morgan fingerprint density at radius 1 is 1.23 bits per heavy atom. The van der Waals surface area contributed by atoms with Crippen LogP contribution < -0.4 is 5.32 Å². The lowest BCUT2D eigenvalue weighted by Crippen LogP contribution is -2.12. The number of carbonyl (C=O) groups excluding carboxylic acids is 2. The first-order chi connectivity index (χ1) is 12.4. The van der Waals surface area contributed by atoms with Gasteiger partial charge in [0.15, 0.2) is 0 Å². The molecule has 0 unspecified atom stereocenters. The molecule has 8 heteroatoms. The molecule has 0 aliphatic heterocycles. The normalized spacial score (nSPS) is 10.5. The first-order valence-corrected chi connectivity index (χ1v) is 7.98. The molecule has 0 fully saturated rings. The quantitative estimate of drug-likeness (QED) is 0.355. The van der Waals surface area contributed by atoms with Gasteiger partial charge in [0.25, 0.3) is 11.6 Å². The molecule has 0 heterocycles. The predicted molar refractivity (Wildman–Crippen MR) is 98.2 cm³/mol. The number of ether oxygens (including phenoxy) is 1. The van der Waals surface area contributed by atoms with Crippen LogP contribution in [0.5, 0.6) is 0 Å². The predicted octanol–water partition coefficient (Wildman–Crippen LogP) is 4.08. The second-order valence-corrected chi connectivity index (χ2v) is 5.49. The molecule has 0 aromatic heterocycles. The summed E-state index contributed by atoms with van der Waals surface area (Å²) in [5.41, 5.74) is 1.03. The minimum atomic E-state index is -0.649. The van der Waals surface area contributed by atoms with E-state index in [1.165, 1.54) is 18.2 Å². The summed E-state index contributed by atoms with van der Waals surface area (Å²) in [5, 5.41) is 13.5. The fourth-order valence-corrected chi connectivity index (χ4v) is 2.22. The summed E-state index contributed by atoms with van der Waals surface area (Å²) in [4.78, 5) is 33.7. The number of rotatable bonds is 6. The van der Waals surface area contributed by atoms with E-state index in [-0.39, 0.29) is 16.3 Å². The maximum absolute atomic E-state index is 12.2. The lowest BCUT2D eigenvalue weighted by molar-refractivity contribution is -0.384. The maximum atomic E-state index is 12.2. The van der Waals surface area contributed by atoms with E-state index in [2.05, 4.69) is 5.32 Å². The van der Waals surface area contributed by atoms with Gasteiger partial charge in [-0.1, -0.05) is 23.7 Å². The van der Waals surface area contributed by atoms with Crippen molar-refractivity contribution in [3.8, 4) is 0 Å². The number of halogens is 1. The second-order valence-electron chi connectivity index (χ2n) is 5.08. The number of carbonyl (C=O) groups is 2. The first-order valence-electron chi connectivity index (χ1n) is 7.61. The monoisotopic (exact) mass is 374 g/mol. The summed E-state index contributed by atoms with van der Waals surface area (Å²) < 4.78 is 4.78. The van der Waals surface area contributed by atoms with Gasteiger partial charge in [-0.15, -0.1) is 0 Å². The number of nitrogens with one attached hydrogen (secondary N) is 1. The van der Waals surface area contributed by atoms with Gasteiger partial charge in [-0.2, -0.15) is 0 Å². The van der Waals surface area contributed by atoms with Crippen molar-refractivity contribution in [2.24, 2.45) is 0 Å². The fraction of sp³-hybridized carbons (Fsp3) is 0.111. The van der Waals surface area contributed by atoms with Gasteiger partial charge in [-0.3, -0.25) is 14.9 Å². The fourth-order valence-electron chi connectivity index (χ4n) is 2.03. The van der Waals surface area contributed by atoms with Gasteiger partial charge >= 0.3 is 5.97 Å². The van der Waals surface area contributed by atoms with Crippen molar-refractivity contribution in [1.29, 1.82) is 0 Å². The molecule has 2 aromatic carbocycles. The van der Waals surface area contributed by atoms with Gasteiger partial charge in [-0.25, -0.2) is 4.79 Å². The van der Waals surface area contributed by atoms with Crippen molar-refractivity contribution >= 4 is 40.9 Å². The zero-order valence-electron chi connectivity index (χ0n) is 13.8. The van der Waals surface area contributed by atoms with Crippen molar-refractivity contribution in [2.45, 2.75) is 6.92 Å². The van der Waals surface area contributed by atoms with Crippen LogP contribution in [0.15, 0.2) is 48.5 Å². The summed E-state index contributed by atoms with van der Waals surface area (Å²) in [5.74, 6) is -0.936. The molecule has 0 saturated carbocycles. The highest BCUT2D eigenvalue weighted by molar-refractivity contribution is 6.32. The third-order valence-corrected chi connectivity index (χ3v) is 3.59. The van der Waals surface area contributed by atoms with E-state index in [9.17, 15) is 19.7 Å². The molecule has 0 saturated heterocycles. The van der Waals surface area contributed by atoms with Crippen LogP contribution in [0.3, 0.4) is 0 Å². The minimum Gasteiger partial charge on any atom is -0.463 e. The molecular formula is C18H15ClN2O5. The number of nitro groups is 1. The Morgan fingerprint density at radius 2 is 1.92 bits per heavy atom. The van der Waals surface area contributed by atoms with E-state index in [1.807, 2.05) is 0 Å². The molecule has 2 aromatic rings. The summed E-state index contributed by atoms with van der Waals surface area (Å²) in [6.07, 6.45) is 2.90. The Hall–Kier alpha value is -3.19. The van der Waals surface area contributed by atoms with Crippen LogP contribution in [0.1, 0.15) is 22.8 Å². The van der Waals surface area contributed by atoms with Crippen LogP contribution in [0.4, 0.5) is 11.4 Å². The van der Waals surface area contributed by atoms with Crippen molar-refractivity contribution in [3.63, 3.8) is 0 Å². The number of benzene rings is 2. The average molecular weight is 375 g/mol. The minimum absolute atomic E-state index is 0.0377. The van der Waals surface area contributed by atoms with Crippen molar-refractivity contribution in [1.82, 2.24) is 0 Å². The van der Waals surface area contributed by atoms with Gasteiger partial charge < -0.3 is 10.1 Å². The van der Waals surface area contributed by atoms with Crippen LogP contribution in [-0.2, 0) is 9.53 Å². The molecule has 2 rings (SSSR count). The molecule has 0 spiro atoms. The number of hydrogen-bond donors (Lipinski definition) is 1. The molecule has 1 amide bonds. The number of nitro benzene ring substituents is 1. The Balaban J connectivity index is 2.07. The SMILES string of the molecule is CCOC(=O)/C=C/c1ccc(NC(=O)c2ccc(Cl)c([N+](=O)[O-])c2)cc1. The van der Waals surface area contributed by atoms with Gasteiger partial charge in [0.1, 0.15) is 5.02 Å². The molecule has 0 bridgehead atoms. The van der Waals surface area contributed by atoms with Crippen LogP contribution in [0.25, 0.3) is 6.08 Å². The van der Waals surface area contributed by atoms with Crippen molar-refractivity contribution in [3.05, 3.63) is 74.8 Å². The summed E-state index contributed by atoms with van der Waals surface area (Å²) in [7, 11) is 0. The van der Waals surface area contributed by atoms with E-state index in [0.717, 1.165) is 11.6 Å². The molecule has 1 N–H and O–H groups in total. The Labute approximate surface area is 154 Å². The lowest BCUT2D eigenvalue weighted by atomic mass is 10.1. The summed E-state index contributed by atoms with van der Waals surface area (Å²) in [6, 6.07) is 10.5. The zero-order chi connectivity index (χ0) is 19.1. The van der Waals surface area contributed by atoms with Gasteiger partial charge in [-0.05, 0) is 42.8 Å². The summed E-state index contributed by atoms with van der Waals surface area (Å²) >= 11 is 5.73. The van der Waals surface area contributed by atoms with Gasteiger partial charge in [0, 0.05) is 23.4 Å². The number of esters is 1. The Bertz CT molecular complexity index is 862. The number of anilines is 1. The highest BCUT2D eigenvalue weighted by Gasteiger charge is 2.16. The maximum Gasteiger partial charge on any atom is 0.330 e. The third kappa shape index (κ3) is 5.15. The molecule has 7 nitrogen and oxygen atoms in total. The second kappa shape index (κ2) is 8.77. The average Bonchev–Trinajstić information content (AvgIpc) is 2.61. The first kappa shape index (κ1) is 19.1. The van der Waals surface area contributed by atoms with Crippen LogP contribution in [0, 0.1) is 10.1 Å². The smallest absolute Gasteiger partial charge is 0.330 e. The molecule has 0 aliphatic rings. The number of amides is 1.